The summed E-state index contributed by atoms with van der Waals surface area (Å²) in [6.45, 7) is 0. The Kier molecular flexibility index (Phi) is 9.27. The van der Waals surface area contributed by atoms with Crippen molar-refractivity contribution in [2.24, 2.45) is 0 Å². The summed E-state index contributed by atoms with van der Waals surface area (Å²) in [5, 5.41) is 5.16. The lowest BCUT2D eigenvalue weighted by Crippen LogP contribution is -2.34. The van der Waals surface area contributed by atoms with Crippen molar-refractivity contribution in [2.45, 2.75) is 22.7 Å². The first-order valence-electron chi connectivity index (χ1n) is 27.9. The summed E-state index contributed by atoms with van der Waals surface area (Å²) >= 11 is 3.76. The first-order valence-corrected chi connectivity index (χ1v) is 29.5. The van der Waals surface area contributed by atoms with E-state index in [1.54, 1.807) is 0 Å². The van der Waals surface area contributed by atoms with Gasteiger partial charge in [-0.05, 0) is 152 Å². The maximum absolute atomic E-state index is 2.63. The highest BCUT2D eigenvalue weighted by Gasteiger charge is 2.69. The lowest BCUT2D eigenvalue weighted by molar-refractivity contribution is 0.425. The average Bonchev–Trinajstić information content (AvgIpc) is 3.05. The van der Waals surface area contributed by atoms with Crippen molar-refractivity contribution < 1.29 is 0 Å². The highest BCUT2D eigenvalue weighted by molar-refractivity contribution is 7.26. The molecular weight excluding hydrogens is 1000 g/mol. The van der Waals surface area contributed by atoms with E-state index in [2.05, 4.69) is 289 Å². The molecule has 0 saturated heterocycles. The van der Waals surface area contributed by atoms with E-state index in [4.69, 9.17) is 0 Å². The van der Waals surface area contributed by atoms with Gasteiger partial charge in [-0.25, -0.2) is 0 Å². The molecule has 2 unspecified atom stereocenters. The van der Waals surface area contributed by atoms with Gasteiger partial charge in [0, 0.05) is 74.9 Å². The predicted octanol–water partition coefficient (Wildman–Crippen LogP) is 20.9. The van der Waals surface area contributed by atoms with Gasteiger partial charge in [0.05, 0.1) is 22.2 Å². The molecule has 0 amide bonds. The van der Waals surface area contributed by atoms with Crippen molar-refractivity contribution in [3.8, 4) is 22.3 Å². The maximum atomic E-state index is 2.63. The topological polar surface area (TPSA) is 6.48 Å². The van der Waals surface area contributed by atoms with Gasteiger partial charge in [0.15, 0.2) is 0 Å². The Hall–Kier alpha value is -9.32. The molecule has 80 heavy (non-hydrogen) atoms. The first-order chi connectivity index (χ1) is 39.7. The zero-order chi connectivity index (χ0) is 52.3. The van der Waals surface area contributed by atoms with Gasteiger partial charge in [-0.3, -0.25) is 0 Å². The molecule has 0 bridgehead atoms. The van der Waals surface area contributed by atoms with Gasteiger partial charge in [-0.1, -0.05) is 194 Å². The summed E-state index contributed by atoms with van der Waals surface area (Å²) in [5.74, 6) is 0.0364. The number of hydrogen-bond donors (Lipinski definition) is 0. The summed E-state index contributed by atoms with van der Waals surface area (Å²) in [4.78, 5) is 5.09. The second-order valence-corrected chi connectivity index (χ2v) is 24.3. The molecule has 2 heterocycles. The van der Waals surface area contributed by atoms with Crippen LogP contribution in [0.1, 0.15) is 56.3 Å². The number of nitrogens with zero attached hydrogens (tertiary/aromatic N) is 2. The standard InChI is InChI=1S/C76H48N2S2/c1-3-21-47(22-4-1)77(65-35-19-39-69-71(65)57-29-11-17-37-67(57)79-69)49-41-43-55-63(45-49)75(59-31-13-7-25-51(59)52-26-8-14-32-60(52)75)74-56-44-42-50(46-64(56)76(73(55)74)61-33-15-9-27-53(61)54-28-10-16-34-62(54)76)78(48-23-5-2-6-24-48)66-36-20-40-70-72(66)58-30-12-18-38-68(58)80-70/h1-46,73-74H. The first kappa shape index (κ1) is 44.6. The molecule has 4 aliphatic rings. The van der Waals surface area contributed by atoms with E-state index in [1.807, 2.05) is 22.7 Å². The summed E-state index contributed by atoms with van der Waals surface area (Å²) in [7, 11) is 0. The lowest BCUT2D eigenvalue weighted by Gasteiger charge is -2.38. The van der Waals surface area contributed by atoms with Crippen LogP contribution in [0, 0.1) is 0 Å². The third kappa shape index (κ3) is 5.71. The Morgan fingerprint density at radius 3 is 1.00 bits per heavy atom. The minimum atomic E-state index is -0.556. The van der Waals surface area contributed by atoms with Crippen LogP contribution in [0.25, 0.3) is 62.6 Å². The van der Waals surface area contributed by atoms with E-state index in [-0.39, 0.29) is 11.8 Å². The van der Waals surface area contributed by atoms with Gasteiger partial charge < -0.3 is 9.80 Å². The quantitative estimate of drug-likeness (QED) is 0.164. The monoisotopic (exact) mass is 1050 g/mol. The predicted molar refractivity (Wildman–Crippen MR) is 337 cm³/mol. The Balaban J connectivity index is 0.957. The van der Waals surface area contributed by atoms with Gasteiger partial charge in [-0.15, -0.1) is 22.7 Å². The van der Waals surface area contributed by atoms with Crippen LogP contribution in [0.2, 0.25) is 0 Å². The second-order valence-electron chi connectivity index (χ2n) is 22.1. The highest BCUT2D eigenvalue weighted by atomic mass is 32.1. The van der Waals surface area contributed by atoms with Gasteiger partial charge in [0.25, 0.3) is 0 Å². The normalized spacial score (nSPS) is 16.2. The number of anilines is 6. The van der Waals surface area contributed by atoms with Crippen LogP contribution < -0.4 is 9.80 Å². The second kappa shape index (κ2) is 16.6. The number of fused-ring (bicyclic) bond motifs is 25. The fraction of sp³-hybridized carbons (Fsp3) is 0.0526. The van der Waals surface area contributed by atoms with E-state index in [0.29, 0.717) is 0 Å². The van der Waals surface area contributed by atoms with Crippen LogP contribution in [0.4, 0.5) is 34.1 Å². The van der Waals surface area contributed by atoms with Gasteiger partial charge in [0.2, 0.25) is 0 Å². The zero-order valence-corrected chi connectivity index (χ0v) is 45.1. The SMILES string of the molecule is c1ccc(N(c2ccc3c(c2)C2(c4ccccc4-c4ccccc42)C2c4ccc(N(c5ccccc5)c5cccc6sc7ccccc7c56)cc4C4(c5ccccc5-c5ccccc54)C32)c2cccc3sc4ccccc4c23)cc1. The molecule has 374 valence electrons. The van der Waals surface area contributed by atoms with Gasteiger partial charge in [-0.2, -0.15) is 0 Å². The maximum Gasteiger partial charge on any atom is 0.0554 e. The molecule has 0 saturated carbocycles. The molecule has 4 heteroatoms. The summed E-state index contributed by atoms with van der Waals surface area (Å²) in [6.07, 6.45) is 0. The van der Waals surface area contributed by atoms with Crippen molar-refractivity contribution in [3.05, 3.63) is 324 Å². The summed E-state index contributed by atoms with van der Waals surface area (Å²) < 4.78 is 5.18. The Morgan fingerprint density at radius 2 is 0.600 bits per heavy atom. The van der Waals surface area contributed by atoms with Crippen LogP contribution in [-0.2, 0) is 10.8 Å². The minimum absolute atomic E-state index is 0.0182. The number of hydrogen-bond acceptors (Lipinski definition) is 4. The fourth-order valence-corrected chi connectivity index (χ4v) is 18.2. The molecule has 2 atom stereocenters. The number of rotatable bonds is 6. The molecule has 0 aliphatic heterocycles. The average molecular weight is 1050 g/mol. The molecule has 0 fully saturated rings. The van der Waals surface area contributed by atoms with Crippen molar-refractivity contribution in [3.63, 3.8) is 0 Å². The number of benzene rings is 12. The smallest absolute Gasteiger partial charge is 0.0554 e. The van der Waals surface area contributed by atoms with Crippen LogP contribution in [0.3, 0.4) is 0 Å². The third-order valence-corrected chi connectivity index (χ3v) is 20.9. The molecule has 0 N–H and O–H groups in total. The van der Waals surface area contributed by atoms with E-state index >= 15 is 0 Å². The lowest BCUT2D eigenvalue weighted by atomic mass is 9.62. The number of para-hydroxylation sites is 2. The summed E-state index contributed by atoms with van der Waals surface area (Å²) in [6, 6.07) is 107. The minimum Gasteiger partial charge on any atom is -0.310 e. The van der Waals surface area contributed by atoms with E-state index in [1.165, 1.54) is 118 Å². The van der Waals surface area contributed by atoms with E-state index in [0.717, 1.165) is 22.7 Å². The van der Waals surface area contributed by atoms with Gasteiger partial charge >= 0.3 is 0 Å². The molecule has 18 rings (SSSR count). The molecule has 14 aromatic rings. The molecule has 12 aromatic carbocycles. The molecular formula is C76H48N2S2. The highest BCUT2D eigenvalue weighted by Crippen LogP contribution is 2.78. The van der Waals surface area contributed by atoms with E-state index < -0.39 is 10.8 Å². The van der Waals surface area contributed by atoms with Gasteiger partial charge in [0.1, 0.15) is 0 Å². The Bertz CT molecular complexity index is 4490. The third-order valence-electron chi connectivity index (χ3n) is 18.6. The molecule has 2 nitrogen and oxygen atoms in total. The fourth-order valence-electron chi connectivity index (χ4n) is 15.9. The van der Waals surface area contributed by atoms with Crippen molar-refractivity contribution in [1.29, 1.82) is 0 Å². The van der Waals surface area contributed by atoms with Crippen LogP contribution in [-0.4, -0.2) is 0 Å². The van der Waals surface area contributed by atoms with Crippen molar-refractivity contribution in [1.82, 2.24) is 0 Å². The Labute approximate surface area is 472 Å². The molecule has 2 aromatic heterocycles. The Morgan fingerprint density at radius 1 is 0.263 bits per heavy atom. The summed E-state index contributed by atoms with van der Waals surface area (Å²) in [5.41, 5.74) is 22.3. The van der Waals surface area contributed by atoms with Crippen molar-refractivity contribution in [2.75, 3.05) is 9.80 Å². The van der Waals surface area contributed by atoms with Crippen LogP contribution in [0.15, 0.2) is 279 Å². The largest absolute Gasteiger partial charge is 0.310 e. The van der Waals surface area contributed by atoms with Crippen LogP contribution >= 0.6 is 22.7 Å². The molecule has 4 aliphatic carbocycles. The zero-order valence-electron chi connectivity index (χ0n) is 43.4. The molecule has 0 radical (unpaired) electrons. The van der Waals surface area contributed by atoms with Crippen LogP contribution in [0.5, 0.6) is 0 Å². The number of thiophene rings is 2. The van der Waals surface area contributed by atoms with Crippen molar-refractivity contribution >= 4 is 97.1 Å². The molecule has 2 spiro atoms. The van der Waals surface area contributed by atoms with E-state index in [9.17, 15) is 0 Å².